The van der Waals surface area contributed by atoms with Crippen molar-refractivity contribution >= 4 is 40.1 Å². The van der Waals surface area contributed by atoms with Gasteiger partial charge in [0.2, 0.25) is 5.95 Å². The standard InChI is InChI=1S/C29H31N7O4S/c1-3-40-27(39)25-18(2)32-29(41-25)35-28-33-23(16-24(34-28)36-14-10-22(37)11-15-36)20-4-6-21(7-5-20)26(38)31-17-19-8-12-30-13-9-19/h4-9,12-13,16,22,37H,3,10-11,14-15,17H2,1-2H3,(H,31,38)(H,32,33,34,35). The minimum atomic E-state index is -0.414. The lowest BCUT2D eigenvalue weighted by molar-refractivity contribution is 0.0530. The number of nitrogens with zero attached hydrogens (tertiary/aromatic N) is 5. The number of nitrogens with one attached hydrogen (secondary N) is 2. The highest BCUT2D eigenvalue weighted by atomic mass is 32.1. The summed E-state index contributed by atoms with van der Waals surface area (Å²) in [6.07, 6.45) is 4.37. The van der Waals surface area contributed by atoms with Gasteiger partial charge >= 0.3 is 5.97 Å². The topological polar surface area (TPSA) is 142 Å². The van der Waals surface area contributed by atoms with Gasteiger partial charge in [-0.15, -0.1) is 0 Å². The molecular weight excluding hydrogens is 542 g/mol. The van der Waals surface area contributed by atoms with Gasteiger partial charge in [0, 0.05) is 49.2 Å². The number of carbonyl (C=O) groups is 2. The number of piperidine rings is 1. The van der Waals surface area contributed by atoms with Crippen LogP contribution in [0.5, 0.6) is 0 Å². The SMILES string of the molecule is CCOC(=O)c1sc(Nc2nc(-c3ccc(C(=O)NCc4ccncc4)cc3)cc(N3CCC(O)CC3)n2)nc1C. The lowest BCUT2D eigenvalue weighted by Crippen LogP contribution is -2.36. The first-order valence-corrected chi connectivity index (χ1v) is 14.2. The van der Waals surface area contributed by atoms with Gasteiger partial charge < -0.3 is 20.1 Å². The van der Waals surface area contributed by atoms with E-state index in [1.807, 2.05) is 30.3 Å². The number of aliphatic hydroxyl groups excluding tert-OH is 1. The molecule has 0 atom stereocenters. The summed E-state index contributed by atoms with van der Waals surface area (Å²) in [7, 11) is 0. The fourth-order valence-corrected chi connectivity index (χ4v) is 5.26. The third kappa shape index (κ3) is 7.02. The Hall–Kier alpha value is -4.42. The van der Waals surface area contributed by atoms with E-state index in [4.69, 9.17) is 14.7 Å². The maximum absolute atomic E-state index is 12.7. The molecule has 0 aliphatic carbocycles. The van der Waals surface area contributed by atoms with E-state index in [9.17, 15) is 14.7 Å². The highest BCUT2D eigenvalue weighted by molar-refractivity contribution is 7.17. The molecule has 5 rings (SSSR count). The first-order chi connectivity index (χ1) is 19.9. The van der Waals surface area contributed by atoms with Crippen LogP contribution in [0.2, 0.25) is 0 Å². The van der Waals surface area contributed by atoms with E-state index < -0.39 is 5.97 Å². The van der Waals surface area contributed by atoms with Gasteiger partial charge in [-0.3, -0.25) is 15.1 Å². The van der Waals surface area contributed by atoms with E-state index in [2.05, 4.69) is 25.5 Å². The van der Waals surface area contributed by atoms with E-state index in [0.29, 0.717) is 71.2 Å². The molecule has 4 heterocycles. The Balaban J connectivity index is 1.39. The molecule has 1 saturated heterocycles. The lowest BCUT2D eigenvalue weighted by atomic mass is 10.1. The number of rotatable bonds is 9. The van der Waals surface area contributed by atoms with Gasteiger partial charge in [-0.05, 0) is 56.5 Å². The molecule has 1 aromatic carbocycles. The maximum atomic E-state index is 12.7. The molecule has 4 aromatic rings. The molecule has 11 nitrogen and oxygen atoms in total. The fraction of sp³-hybridized carbons (Fsp3) is 0.310. The molecule has 3 N–H and O–H groups in total. The number of pyridine rings is 1. The Kier molecular flexibility index (Phi) is 8.80. The second kappa shape index (κ2) is 12.8. The van der Waals surface area contributed by atoms with Crippen LogP contribution in [0.3, 0.4) is 0 Å². The third-order valence-corrected chi connectivity index (χ3v) is 7.68. The summed E-state index contributed by atoms with van der Waals surface area (Å²) in [5.41, 5.74) is 3.53. The van der Waals surface area contributed by atoms with Crippen molar-refractivity contribution in [2.75, 3.05) is 29.9 Å². The molecule has 0 unspecified atom stereocenters. The average molecular weight is 574 g/mol. The quantitative estimate of drug-likeness (QED) is 0.250. The Morgan fingerprint density at radius 2 is 1.80 bits per heavy atom. The largest absolute Gasteiger partial charge is 0.462 e. The Morgan fingerprint density at radius 1 is 1.07 bits per heavy atom. The van der Waals surface area contributed by atoms with E-state index in [1.165, 1.54) is 11.3 Å². The number of hydrogen-bond acceptors (Lipinski definition) is 11. The van der Waals surface area contributed by atoms with E-state index in [1.54, 1.807) is 38.4 Å². The Morgan fingerprint density at radius 3 is 2.51 bits per heavy atom. The fourth-order valence-electron chi connectivity index (χ4n) is 4.40. The number of aryl methyl sites for hydroxylation is 1. The van der Waals surface area contributed by atoms with E-state index >= 15 is 0 Å². The Labute approximate surface area is 241 Å². The second-order valence-corrected chi connectivity index (χ2v) is 10.5. The lowest BCUT2D eigenvalue weighted by Gasteiger charge is -2.30. The normalized spacial score (nSPS) is 13.6. The van der Waals surface area contributed by atoms with Gasteiger partial charge in [-0.25, -0.2) is 14.8 Å². The average Bonchev–Trinajstić information content (AvgIpc) is 3.36. The number of amides is 1. The monoisotopic (exact) mass is 573 g/mol. The van der Waals surface area contributed by atoms with Gasteiger partial charge in [-0.2, -0.15) is 4.98 Å². The zero-order valence-electron chi connectivity index (χ0n) is 22.8. The van der Waals surface area contributed by atoms with Crippen molar-refractivity contribution in [1.82, 2.24) is 25.3 Å². The number of carbonyl (C=O) groups excluding carboxylic acids is 2. The molecule has 0 saturated carbocycles. The number of ether oxygens (including phenoxy) is 1. The van der Waals surface area contributed by atoms with Crippen LogP contribution >= 0.6 is 11.3 Å². The van der Waals surface area contributed by atoms with Gasteiger partial charge in [-0.1, -0.05) is 23.5 Å². The predicted molar refractivity (Wildman–Crippen MR) is 156 cm³/mol. The molecule has 212 valence electrons. The van der Waals surface area contributed by atoms with Crippen LogP contribution in [0.15, 0.2) is 54.9 Å². The minimum Gasteiger partial charge on any atom is -0.462 e. The van der Waals surface area contributed by atoms with Crippen molar-refractivity contribution in [3.05, 3.63) is 76.6 Å². The molecule has 41 heavy (non-hydrogen) atoms. The summed E-state index contributed by atoms with van der Waals surface area (Å²) in [5.74, 6) is 0.444. The number of anilines is 3. The zero-order chi connectivity index (χ0) is 28.8. The number of aromatic nitrogens is 4. The summed E-state index contributed by atoms with van der Waals surface area (Å²) in [6.45, 7) is 5.53. The van der Waals surface area contributed by atoms with E-state index in [0.717, 1.165) is 11.1 Å². The minimum absolute atomic E-state index is 0.178. The van der Waals surface area contributed by atoms with Crippen molar-refractivity contribution in [2.45, 2.75) is 39.3 Å². The molecular formula is C29H31N7O4S. The summed E-state index contributed by atoms with van der Waals surface area (Å²) in [6, 6.07) is 12.8. The van der Waals surface area contributed by atoms with Crippen molar-refractivity contribution < 1.29 is 19.4 Å². The molecule has 1 amide bonds. The smallest absolute Gasteiger partial charge is 0.350 e. The summed E-state index contributed by atoms with van der Waals surface area (Å²) >= 11 is 1.18. The zero-order valence-corrected chi connectivity index (χ0v) is 23.6. The van der Waals surface area contributed by atoms with Crippen LogP contribution in [-0.4, -0.2) is 62.7 Å². The number of hydrogen-bond donors (Lipinski definition) is 3. The first-order valence-electron chi connectivity index (χ1n) is 13.4. The molecule has 1 aliphatic rings. The van der Waals surface area contributed by atoms with Crippen molar-refractivity contribution in [1.29, 1.82) is 0 Å². The number of thiazole rings is 1. The summed E-state index contributed by atoms with van der Waals surface area (Å²) < 4.78 is 5.13. The van der Waals surface area contributed by atoms with Gasteiger partial charge in [0.1, 0.15) is 10.7 Å². The van der Waals surface area contributed by atoms with Crippen LogP contribution in [0, 0.1) is 6.92 Å². The molecule has 0 spiro atoms. The van der Waals surface area contributed by atoms with Crippen LogP contribution in [0.4, 0.5) is 16.9 Å². The van der Waals surface area contributed by atoms with Crippen LogP contribution < -0.4 is 15.5 Å². The van der Waals surface area contributed by atoms with Gasteiger partial charge in [0.25, 0.3) is 5.91 Å². The molecule has 3 aromatic heterocycles. The first kappa shape index (κ1) is 28.1. The second-order valence-electron chi connectivity index (χ2n) is 9.55. The molecule has 0 bridgehead atoms. The molecule has 12 heteroatoms. The van der Waals surface area contributed by atoms with Crippen molar-refractivity contribution in [3.63, 3.8) is 0 Å². The maximum Gasteiger partial charge on any atom is 0.350 e. The number of benzene rings is 1. The van der Waals surface area contributed by atoms with Crippen LogP contribution in [-0.2, 0) is 11.3 Å². The van der Waals surface area contributed by atoms with Gasteiger partial charge in [0.15, 0.2) is 5.13 Å². The highest BCUT2D eigenvalue weighted by Crippen LogP contribution is 2.29. The summed E-state index contributed by atoms with van der Waals surface area (Å²) in [5, 5.41) is 16.5. The molecule has 0 radical (unpaired) electrons. The van der Waals surface area contributed by atoms with E-state index in [-0.39, 0.29) is 18.6 Å². The predicted octanol–water partition coefficient (Wildman–Crippen LogP) is 4.11. The highest BCUT2D eigenvalue weighted by Gasteiger charge is 2.21. The summed E-state index contributed by atoms with van der Waals surface area (Å²) in [4.78, 5) is 45.4. The third-order valence-electron chi connectivity index (χ3n) is 6.62. The number of aliphatic hydroxyl groups is 1. The van der Waals surface area contributed by atoms with Gasteiger partial charge in [0.05, 0.1) is 24.1 Å². The van der Waals surface area contributed by atoms with Crippen LogP contribution in [0.1, 0.15) is 51.1 Å². The van der Waals surface area contributed by atoms with Crippen molar-refractivity contribution in [3.8, 4) is 11.3 Å². The molecule has 1 aliphatic heterocycles. The number of esters is 1. The van der Waals surface area contributed by atoms with Crippen LogP contribution in [0.25, 0.3) is 11.3 Å². The Bertz CT molecular complexity index is 1500. The molecule has 1 fully saturated rings. The van der Waals surface area contributed by atoms with Crippen molar-refractivity contribution in [2.24, 2.45) is 0 Å².